The first-order valence-corrected chi connectivity index (χ1v) is 8.41. The molecule has 0 spiro atoms. The van der Waals surface area contributed by atoms with Gasteiger partial charge in [0.15, 0.2) is 0 Å². The van der Waals surface area contributed by atoms with Crippen molar-refractivity contribution < 1.29 is 17.9 Å². The second kappa shape index (κ2) is 6.70. The molecule has 1 aliphatic carbocycles. The van der Waals surface area contributed by atoms with Crippen molar-refractivity contribution in [3.8, 4) is 0 Å². The molecule has 0 heterocycles. The minimum atomic E-state index is -3.46. The first-order chi connectivity index (χ1) is 8.77. The molecule has 0 amide bonds. The lowest BCUT2D eigenvalue weighted by molar-refractivity contribution is -0.145. The van der Waals surface area contributed by atoms with E-state index in [1.807, 2.05) is 6.92 Å². The van der Waals surface area contributed by atoms with E-state index in [-0.39, 0.29) is 6.04 Å². The highest BCUT2D eigenvalue weighted by molar-refractivity contribution is 7.90. The number of rotatable bonds is 6. The smallest absolute Gasteiger partial charge is 0.310 e. The molecule has 112 valence electrons. The van der Waals surface area contributed by atoms with Crippen molar-refractivity contribution in [3.05, 3.63) is 0 Å². The predicted molar refractivity (Wildman–Crippen MR) is 74.1 cm³/mol. The topological polar surface area (TPSA) is 72.5 Å². The molecule has 6 heteroatoms. The molecule has 0 aromatic rings. The Morgan fingerprint density at radius 2 is 1.95 bits per heavy atom. The quantitative estimate of drug-likeness (QED) is 0.756. The van der Waals surface area contributed by atoms with Gasteiger partial charge < -0.3 is 4.74 Å². The van der Waals surface area contributed by atoms with Gasteiger partial charge in [0.2, 0.25) is 10.0 Å². The van der Waals surface area contributed by atoms with Crippen LogP contribution in [0.3, 0.4) is 0 Å². The van der Waals surface area contributed by atoms with Gasteiger partial charge in [-0.2, -0.15) is 0 Å². The molecule has 0 saturated heterocycles. The van der Waals surface area contributed by atoms with E-state index in [9.17, 15) is 13.2 Å². The van der Waals surface area contributed by atoms with E-state index in [2.05, 4.69) is 18.6 Å². The van der Waals surface area contributed by atoms with Crippen LogP contribution in [-0.2, 0) is 19.6 Å². The van der Waals surface area contributed by atoms with Crippen molar-refractivity contribution in [2.75, 3.05) is 7.11 Å². The van der Waals surface area contributed by atoms with Crippen molar-refractivity contribution in [3.63, 3.8) is 0 Å². The zero-order chi connectivity index (χ0) is 14.6. The summed E-state index contributed by atoms with van der Waals surface area (Å²) in [5.41, 5.74) is 0. The number of esters is 1. The molecule has 5 nitrogen and oxygen atoms in total. The Kier molecular flexibility index (Phi) is 5.80. The van der Waals surface area contributed by atoms with E-state index in [0.717, 1.165) is 12.8 Å². The molecule has 0 aliphatic heterocycles. The van der Waals surface area contributed by atoms with E-state index >= 15 is 0 Å². The zero-order valence-electron chi connectivity index (χ0n) is 12.2. The zero-order valence-corrected chi connectivity index (χ0v) is 13.0. The summed E-state index contributed by atoms with van der Waals surface area (Å²) in [7, 11) is -2.16. The molecule has 0 radical (unpaired) electrons. The van der Waals surface area contributed by atoms with Gasteiger partial charge in [-0.25, -0.2) is 13.1 Å². The highest BCUT2D eigenvalue weighted by Crippen LogP contribution is 2.32. The number of ether oxygens (including phenoxy) is 1. The third kappa shape index (κ3) is 4.45. The average molecular weight is 291 g/mol. The summed E-state index contributed by atoms with van der Waals surface area (Å²) in [6, 6.07) is -0.108. The fourth-order valence-electron chi connectivity index (χ4n) is 2.84. The Bertz CT molecular complexity index is 405. The lowest BCUT2D eigenvalue weighted by Gasteiger charge is -2.22. The summed E-state index contributed by atoms with van der Waals surface area (Å²) >= 11 is 0. The SMILES string of the molecule is COC(=O)C1CCCC1S(=O)(=O)NC(C)CC(C)C. The summed E-state index contributed by atoms with van der Waals surface area (Å²) in [5, 5.41) is -0.644. The largest absolute Gasteiger partial charge is 0.469 e. The molecular formula is C13H25NO4S. The van der Waals surface area contributed by atoms with Crippen LogP contribution >= 0.6 is 0 Å². The molecule has 1 fully saturated rings. The standard InChI is InChI=1S/C13H25NO4S/c1-9(2)8-10(3)14-19(16,17)12-7-5-6-11(12)13(15)18-4/h9-12,14H,5-8H2,1-4H3. The number of nitrogens with one attached hydrogen (secondary N) is 1. The van der Waals surface area contributed by atoms with E-state index in [0.29, 0.717) is 18.8 Å². The fourth-order valence-corrected chi connectivity index (χ4v) is 4.83. The van der Waals surface area contributed by atoms with Crippen LogP contribution in [0.5, 0.6) is 0 Å². The second-order valence-corrected chi connectivity index (χ2v) is 7.72. The van der Waals surface area contributed by atoms with Crippen LogP contribution in [0.15, 0.2) is 0 Å². The van der Waals surface area contributed by atoms with Gasteiger partial charge in [-0.05, 0) is 32.1 Å². The van der Waals surface area contributed by atoms with Crippen LogP contribution < -0.4 is 4.72 Å². The van der Waals surface area contributed by atoms with Crippen LogP contribution in [0, 0.1) is 11.8 Å². The van der Waals surface area contributed by atoms with Crippen molar-refractivity contribution >= 4 is 16.0 Å². The van der Waals surface area contributed by atoms with Gasteiger partial charge in [0.1, 0.15) is 0 Å². The highest BCUT2D eigenvalue weighted by atomic mass is 32.2. The molecule has 19 heavy (non-hydrogen) atoms. The van der Waals surface area contributed by atoms with Crippen molar-refractivity contribution in [2.45, 2.75) is 57.7 Å². The minimum Gasteiger partial charge on any atom is -0.469 e. The molecule has 3 unspecified atom stereocenters. The normalized spacial score (nSPS) is 25.5. The molecule has 1 saturated carbocycles. The highest BCUT2D eigenvalue weighted by Gasteiger charge is 2.42. The van der Waals surface area contributed by atoms with Gasteiger partial charge in [-0.15, -0.1) is 0 Å². The minimum absolute atomic E-state index is 0.108. The third-order valence-corrected chi connectivity index (χ3v) is 5.64. The van der Waals surface area contributed by atoms with Gasteiger partial charge in [-0.1, -0.05) is 20.3 Å². The predicted octanol–water partition coefficient (Wildman–Crippen LogP) is 1.68. The Morgan fingerprint density at radius 1 is 1.32 bits per heavy atom. The molecule has 1 aliphatic rings. The lowest BCUT2D eigenvalue weighted by atomic mass is 10.1. The molecular weight excluding hydrogens is 266 g/mol. The molecule has 0 bridgehead atoms. The maximum absolute atomic E-state index is 12.3. The van der Waals surface area contributed by atoms with E-state index < -0.39 is 27.2 Å². The van der Waals surface area contributed by atoms with E-state index in [1.165, 1.54) is 7.11 Å². The molecule has 1 N–H and O–H groups in total. The van der Waals surface area contributed by atoms with Crippen molar-refractivity contribution in [1.82, 2.24) is 4.72 Å². The van der Waals surface area contributed by atoms with Gasteiger partial charge in [0.05, 0.1) is 18.3 Å². The lowest BCUT2D eigenvalue weighted by Crippen LogP contribution is -2.43. The van der Waals surface area contributed by atoms with Crippen LogP contribution in [-0.4, -0.2) is 32.8 Å². The van der Waals surface area contributed by atoms with Gasteiger partial charge >= 0.3 is 5.97 Å². The van der Waals surface area contributed by atoms with Crippen LogP contribution in [0.4, 0.5) is 0 Å². The molecule has 0 aromatic heterocycles. The number of sulfonamides is 1. The summed E-state index contributed by atoms with van der Waals surface area (Å²) < 4.78 is 32.1. The Hall–Kier alpha value is -0.620. The van der Waals surface area contributed by atoms with Crippen molar-refractivity contribution in [2.24, 2.45) is 11.8 Å². The van der Waals surface area contributed by atoms with Gasteiger partial charge in [0.25, 0.3) is 0 Å². The van der Waals surface area contributed by atoms with E-state index in [4.69, 9.17) is 4.74 Å². The maximum atomic E-state index is 12.3. The molecule has 1 rings (SSSR count). The van der Waals surface area contributed by atoms with Crippen LogP contribution in [0.1, 0.15) is 46.5 Å². The fraction of sp³-hybridized carbons (Fsp3) is 0.923. The molecule has 3 atom stereocenters. The Balaban J connectivity index is 2.73. The van der Waals surface area contributed by atoms with Crippen LogP contribution in [0.25, 0.3) is 0 Å². The summed E-state index contributed by atoms with van der Waals surface area (Å²) in [4.78, 5) is 11.6. The van der Waals surface area contributed by atoms with Crippen LogP contribution in [0.2, 0.25) is 0 Å². The monoisotopic (exact) mass is 291 g/mol. The second-order valence-electron chi connectivity index (χ2n) is 5.79. The van der Waals surface area contributed by atoms with E-state index in [1.54, 1.807) is 0 Å². The first kappa shape index (κ1) is 16.4. The Labute approximate surface area is 116 Å². The third-order valence-electron chi connectivity index (χ3n) is 3.55. The molecule has 0 aromatic carbocycles. The average Bonchev–Trinajstić information content (AvgIpc) is 2.75. The summed E-state index contributed by atoms with van der Waals surface area (Å²) in [6.45, 7) is 5.97. The summed E-state index contributed by atoms with van der Waals surface area (Å²) in [5.74, 6) is -0.504. The Morgan fingerprint density at radius 3 is 2.47 bits per heavy atom. The summed E-state index contributed by atoms with van der Waals surface area (Å²) in [6.07, 6.45) is 2.67. The number of hydrogen-bond acceptors (Lipinski definition) is 4. The number of carbonyl (C=O) groups excluding carboxylic acids is 1. The van der Waals surface area contributed by atoms with Gasteiger partial charge in [-0.3, -0.25) is 4.79 Å². The van der Waals surface area contributed by atoms with Crippen molar-refractivity contribution in [1.29, 1.82) is 0 Å². The number of hydrogen-bond donors (Lipinski definition) is 1. The number of carbonyl (C=O) groups is 1. The first-order valence-electron chi connectivity index (χ1n) is 6.87. The maximum Gasteiger partial charge on any atom is 0.310 e. The number of methoxy groups -OCH3 is 1. The van der Waals surface area contributed by atoms with Gasteiger partial charge in [0, 0.05) is 6.04 Å².